The number of hydrogen-bond donors (Lipinski definition) is 1. The van der Waals surface area contributed by atoms with E-state index in [9.17, 15) is 4.39 Å². The lowest BCUT2D eigenvalue weighted by atomic mass is 10.0. The minimum absolute atomic E-state index is 0.295. The summed E-state index contributed by atoms with van der Waals surface area (Å²) in [5.41, 5.74) is 10.5. The zero-order chi connectivity index (χ0) is 25.2. The average molecular weight is 500 g/mol. The molecule has 10 heteroatoms. The Labute approximate surface area is 210 Å². The molecule has 180 valence electrons. The lowest BCUT2D eigenvalue weighted by molar-refractivity contribution is 0.356. The van der Waals surface area contributed by atoms with Crippen LogP contribution >= 0.6 is 11.9 Å². The maximum Gasteiger partial charge on any atom is 0.159 e. The number of rotatable bonds is 6. The van der Waals surface area contributed by atoms with Crippen molar-refractivity contribution in [2.75, 3.05) is 12.8 Å². The monoisotopic (exact) mass is 499 g/mol. The van der Waals surface area contributed by atoms with Crippen molar-refractivity contribution in [2.24, 2.45) is 9.39 Å². The van der Waals surface area contributed by atoms with Crippen LogP contribution in [0.3, 0.4) is 0 Å². The van der Waals surface area contributed by atoms with Gasteiger partial charge in [0, 0.05) is 47.9 Å². The number of anilines is 1. The summed E-state index contributed by atoms with van der Waals surface area (Å²) in [7, 11) is 1.72. The first-order valence-electron chi connectivity index (χ1n) is 11.0. The molecular weight excluding hydrogens is 477 g/mol. The van der Waals surface area contributed by atoms with Gasteiger partial charge in [-0.3, -0.25) is 4.99 Å². The summed E-state index contributed by atoms with van der Waals surface area (Å²) in [6.45, 7) is 5.48. The molecule has 0 radical (unpaired) electrons. The number of nitrogens with two attached hydrogens (primary N) is 1. The van der Waals surface area contributed by atoms with E-state index in [2.05, 4.69) is 31.2 Å². The largest absolute Gasteiger partial charge is 0.383 e. The lowest BCUT2D eigenvalue weighted by Crippen LogP contribution is -2.05. The SMILES string of the molecule is C=NSC(=NC)c1ccc(-c2cn(C(C)c3cc(-c4ccccc4F)no3)c3ncnc(N)c23)cc1. The first-order chi connectivity index (χ1) is 17.5. The van der Waals surface area contributed by atoms with Gasteiger partial charge in [-0.15, -0.1) is 0 Å². The molecular formula is C26H22FN7OS. The van der Waals surface area contributed by atoms with Gasteiger partial charge in [-0.2, -0.15) is 0 Å². The van der Waals surface area contributed by atoms with Crippen molar-refractivity contribution < 1.29 is 8.91 Å². The van der Waals surface area contributed by atoms with Gasteiger partial charge in [-0.25, -0.2) is 18.8 Å². The third kappa shape index (κ3) is 4.16. The normalized spacial score (nSPS) is 12.7. The summed E-state index contributed by atoms with van der Waals surface area (Å²) in [4.78, 5) is 13.0. The van der Waals surface area contributed by atoms with Crippen molar-refractivity contribution >= 4 is 40.6 Å². The number of fused-ring (bicyclic) bond motifs is 1. The van der Waals surface area contributed by atoms with Crippen LogP contribution in [0.15, 0.2) is 81.0 Å². The highest BCUT2D eigenvalue weighted by atomic mass is 32.2. The first-order valence-corrected chi connectivity index (χ1v) is 11.8. The quantitative estimate of drug-likeness (QED) is 0.179. The highest BCUT2D eigenvalue weighted by molar-refractivity contribution is 8.13. The molecule has 5 rings (SSSR count). The number of aliphatic imine (C=N–C) groups is 1. The molecule has 0 spiro atoms. The highest BCUT2D eigenvalue weighted by Crippen LogP contribution is 2.36. The summed E-state index contributed by atoms with van der Waals surface area (Å²) in [5.74, 6) is 0.570. The van der Waals surface area contributed by atoms with Crippen LogP contribution < -0.4 is 5.73 Å². The maximum absolute atomic E-state index is 14.3. The van der Waals surface area contributed by atoms with Crippen LogP contribution in [0.2, 0.25) is 0 Å². The molecule has 0 aliphatic rings. The molecule has 0 saturated heterocycles. The fraction of sp³-hybridized carbons (Fsp3) is 0.115. The smallest absolute Gasteiger partial charge is 0.159 e. The second kappa shape index (κ2) is 9.74. The summed E-state index contributed by atoms with van der Waals surface area (Å²) < 4.78 is 25.7. The van der Waals surface area contributed by atoms with Gasteiger partial charge in [0.15, 0.2) is 5.76 Å². The number of nitrogen functional groups attached to an aromatic ring is 1. The van der Waals surface area contributed by atoms with E-state index in [0.717, 1.165) is 27.1 Å². The lowest BCUT2D eigenvalue weighted by Gasteiger charge is -2.11. The Bertz CT molecular complexity index is 1590. The second-order valence-electron chi connectivity index (χ2n) is 8.00. The van der Waals surface area contributed by atoms with Crippen molar-refractivity contribution in [1.29, 1.82) is 0 Å². The fourth-order valence-corrected chi connectivity index (χ4v) is 4.56. The molecule has 0 bridgehead atoms. The summed E-state index contributed by atoms with van der Waals surface area (Å²) in [5, 5.41) is 5.60. The molecule has 36 heavy (non-hydrogen) atoms. The third-order valence-corrected chi connectivity index (χ3v) is 6.66. The molecule has 0 amide bonds. The van der Waals surface area contributed by atoms with Crippen molar-refractivity contribution in [2.45, 2.75) is 13.0 Å². The molecule has 2 N–H and O–H groups in total. The molecule has 3 heterocycles. The van der Waals surface area contributed by atoms with Gasteiger partial charge in [0.2, 0.25) is 0 Å². The van der Waals surface area contributed by atoms with Gasteiger partial charge in [0.05, 0.1) is 11.4 Å². The van der Waals surface area contributed by atoms with E-state index >= 15 is 0 Å². The molecule has 3 aromatic heterocycles. The predicted molar refractivity (Wildman–Crippen MR) is 143 cm³/mol. The number of aromatic nitrogens is 4. The number of nitrogens with zero attached hydrogens (tertiary/aromatic N) is 6. The van der Waals surface area contributed by atoms with Crippen molar-refractivity contribution in [3.63, 3.8) is 0 Å². The van der Waals surface area contributed by atoms with Gasteiger partial charge < -0.3 is 14.8 Å². The Morgan fingerprint density at radius 3 is 2.64 bits per heavy atom. The first kappa shape index (κ1) is 23.4. The van der Waals surface area contributed by atoms with Crippen molar-refractivity contribution in [1.82, 2.24) is 19.7 Å². The van der Waals surface area contributed by atoms with Gasteiger partial charge in [0.1, 0.15) is 34.3 Å². The van der Waals surface area contributed by atoms with E-state index in [1.165, 1.54) is 24.3 Å². The van der Waals surface area contributed by atoms with Gasteiger partial charge in [0.25, 0.3) is 0 Å². The second-order valence-corrected chi connectivity index (χ2v) is 8.83. The van der Waals surface area contributed by atoms with E-state index in [4.69, 9.17) is 10.3 Å². The Balaban J connectivity index is 1.56. The molecule has 2 aromatic carbocycles. The molecule has 8 nitrogen and oxygen atoms in total. The van der Waals surface area contributed by atoms with Crippen LogP contribution in [0.5, 0.6) is 0 Å². The van der Waals surface area contributed by atoms with E-state index < -0.39 is 0 Å². The fourth-order valence-electron chi connectivity index (χ4n) is 4.12. The molecule has 0 aliphatic carbocycles. The molecule has 0 fully saturated rings. The predicted octanol–water partition coefficient (Wildman–Crippen LogP) is 5.81. The minimum Gasteiger partial charge on any atom is -0.383 e. The van der Waals surface area contributed by atoms with Gasteiger partial charge in [-0.1, -0.05) is 41.6 Å². The third-order valence-electron chi connectivity index (χ3n) is 5.94. The molecule has 0 aliphatic heterocycles. The van der Waals surface area contributed by atoms with Crippen LogP contribution in [0.1, 0.15) is 24.3 Å². The van der Waals surface area contributed by atoms with Gasteiger partial charge >= 0.3 is 0 Å². The zero-order valence-electron chi connectivity index (χ0n) is 19.6. The van der Waals surface area contributed by atoms with Crippen molar-refractivity contribution in [3.05, 3.63) is 84.3 Å². The molecule has 5 aromatic rings. The Kier molecular flexibility index (Phi) is 6.34. The van der Waals surface area contributed by atoms with Crippen LogP contribution in [0, 0.1) is 5.82 Å². The minimum atomic E-state index is -0.360. The zero-order valence-corrected chi connectivity index (χ0v) is 20.4. The standard InChI is InChI=1S/C26H22FN7OS/c1-15(22-12-21(33-35-22)18-6-4-5-7-20(18)27)34-13-19(23-24(28)31-14-32-25(23)34)16-8-10-17(11-9-16)26(29-2)36-30-3/h4-15H,3H2,1-2H3,(H2,28,31,32). The number of halogens is 1. The maximum atomic E-state index is 14.3. The average Bonchev–Trinajstić information content (AvgIpc) is 3.54. The molecule has 1 unspecified atom stereocenters. The van der Waals surface area contributed by atoms with E-state index in [1.807, 2.05) is 42.0 Å². The number of benzene rings is 2. The molecule has 0 saturated carbocycles. The van der Waals surface area contributed by atoms with Crippen LogP contribution in [0.25, 0.3) is 33.4 Å². The van der Waals surface area contributed by atoms with E-state index in [1.54, 1.807) is 31.3 Å². The van der Waals surface area contributed by atoms with E-state index in [0.29, 0.717) is 28.5 Å². The van der Waals surface area contributed by atoms with Crippen LogP contribution in [0.4, 0.5) is 10.2 Å². The van der Waals surface area contributed by atoms with Crippen molar-refractivity contribution in [3.8, 4) is 22.4 Å². The summed E-state index contributed by atoms with van der Waals surface area (Å²) in [6.07, 6.45) is 3.40. The Morgan fingerprint density at radius 1 is 1.14 bits per heavy atom. The summed E-state index contributed by atoms with van der Waals surface area (Å²) >= 11 is 1.22. The summed E-state index contributed by atoms with van der Waals surface area (Å²) in [6, 6.07) is 15.8. The van der Waals surface area contributed by atoms with Gasteiger partial charge in [-0.05, 0) is 31.3 Å². The van der Waals surface area contributed by atoms with Crippen LogP contribution in [-0.4, -0.2) is 38.5 Å². The van der Waals surface area contributed by atoms with Crippen LogP contribution in [-0.2, 0) is 0 Å². The Hall–Kier alpha value is -4.31. The Morgan fingerprint density at radius 2 is 1.92 bits per heavy atom. The van der Waals surface area contributed by atoms with E-state index in [-0.39, 0.29) is 11.9 Å². The topological polar surface area (TPSA) is 107 Å². The highest BCUT2D eigenvalue weighted by Gasteiger charge is 2.22. The number of hydrogen-bond acceptors (Lipinski definition) is 8. The molecule has 1 atom stereocenters.